The first-order valence-corrected chi connectivity index (χ1v) is 5.56. The van der Waals surface area contributed by atoms with E-state index in [0.29, 0.717) is 6.10 Å². The van der Waals surface area contributed by atoms with Gasteiger partial charge in [0.15, 0.2) is 0 Å². The van der Waals surface area contributed by atoms with Gasteiger partial charge in [-0.25, -0.2) is 0 Å². The van der Waals surface area contributed by atoms with Crippen LogP contribution in [0.15, 0.2) is 0 Å². The van der Waals surface area contributed by atoms with Crippen molar-refractivity contribution >= 4 is 11.6 Å². The van der Waals surface area contributed by atoms with E-state index in [-0.39, 0.29) is 5.38 Å². The molecule has 0 bridgehead atoms. The van der Waals surface area contributed by atoms with E-state index in [1.54, 1.807) is 0 Å². The van der Waals surface area contributed by atoms with Crippen molar-refractivity contribution in [2.24, 2.45) is 0 Å². The maximum Gasteiger partial charge on any atom is 0.0594 e. The van der Waals surface area contributed by atoms with Gasteiger partial charge in [-0.15, -0.1) is 11.6 Å². The number of nitrogens with one attached hydrogen (secondary N) is 1. The largest absolute Gasteiger partial charge is 0.377 e. The van der Waals surface area contributed by atoms with E-state index >= 15 is 0 Å². The normalized spacial score (nSPS) is 13.6. The van der Waals surface area contributed by atoms with Crippen LogP contribution in [0.2, 0.25) is 0 Å². The van der Waals surface area contributed by atoms with Crippen LogP contribution < -0.4 is 5.32 Å². The molecular formula is C10H22ClNO. The number of ether oxygens (including phenoxy) is 1. The second-order valence-corrected chi connectivity index (χ2v) is 4.13. The van der Waals surface area contributed by atoms with Crippen molar-refractivity contribution in [2.45, 2.75) is 45.1 Å². The monoisotopic (exact) mass is 207 g/mol. The lowest BCUT2D eigenvalue weighted by molar-refractivity contribution is 0.0809. The van der Waals surface area contributed by atoms with Gasteiger partial charge in [0.1, 0.15) is 0 Å². The summed E-state index contributed by atoms with van der Waals surface area (Å²) in [6, 6.07) is 0. The molecule has 0 aliphatic carbocycles. The lowest BCUT2D eigenvalue weighted by Crippen LogP contribution is -2.27. The maximum atomic E-state index is 6.02. The van der Waals surface area contributed by atoms with Crippen molar-refractivity contribution in [3.8, 4) is 0 Å². The van der Waals surface area contributed by atoms with Crippen molar-refractivity contribution in [1.82, 2.24) is 5.32 Å². The van der Waals surface area contributed by atoms with E-state index in [4.69, 9.17) is 16.3 Å². The molecule has 0 aliphatic rings. The molecule has 2 nitrogen and oxygen atoms in total. The lowest BCUT2D eigenvalue weighted by Gasteiger charge is -2.11. The van der Waals surface area contributed by atoms with Gasteiger partial charge in [0.05, 0.1) is 12.7 Å². The summed E-state index contributed by atoms with van der Waals surface area (Å²) in [6.45, 7) is 8.79. The van der Waals surface area contributed by atoms with E-state index in [9.17, 15) is 0 Å². The molecule has 80 valence electrons. The zero-order valence-electron chi connectivity index (χ0n) is 8.98. The van der Waals surface area contributed by atoms with Crippen LogP contribution in [0.4, 0.5) is 0 Å². The van der Waals surface area contributed by atoms with Gasteiger partial charge in [-0.2, -0.15) is 0 Å². The van der Waals surface area contributed by atoms with E-state index in [1.165, 1.54) is 0 Å². The lowest BCUT2D eigenvalue weighted by atomic mass is 10.2. The molecule has 0 aliphatic heterocycles. The average Bonchev–Trinajstić information content (AvgIpc) is 2.03. The van der Waals surface area contributed by atoms with E-state index in [2.05, 4.69) is 12.2 Å². The first-order chi connectivity index (χ1) is 6.16. The maximum absolute atomic E-state index is 6.02. The first-order valence-electron chi connectivity index (χ1n) is 5.13. The number of rotatable bonds is 8. The van der Waals surface area contributed by atoms with Crippen LogP contribution in [0.1, 0.15) is 33.6 Å². The molecule has 0 saturated heterocycles. The Balaban J connectivity index is 3.06. The van der Waals surface area contributed by atoms with E-state index < -0.39 is 0 Å². The number of hydrogen-bond donors (Lipinski definition) is 1. The summed E-state index contributed by atoms with van der Waals surface area (Å²) < 4.78 is 5.38. The topological polar surface area (TPSA) is 21.3 Å². The molecule has 1 atom stereocenters. The summed E-state index contributed by atoms with van der Waals surface area (Å²) in [4.78, 5) is 0. The molecule has 0 fully saturated rings. The van der Waals surface area contributed by atoms with Crippen LogP contribution in [0, 0.1) is 0 Å². The second kappa shape index (κ2) is 8.79. The van der Waals surface area contributed by atoms with Gasteiger partial charge in [-0.05, 0) is 20.3 Å². The molecule has 0 spiro atoms. The van der Waals surface area contributed by atoms with Crippen molar-refractivity contribution in [1.29, 1.82) is 0 Å². The summed E-state index contributed by atoms with van der Waals surface area (Å²) in [7, 11) is 0. The minimum Gasteiger partial charge on any atom is -0.377 e. The molecule has 0 aromatic carbocycles. The fourth-order valence-corrected chi connectivity index (χ4v) is 1.37. The van der Waals surface area contributed by atoms with Crippen molar-refractivity contribution in [2.75, 3.05) is 19.7 Å². The van der Waals surface area contributed by atoms with Crippen LogP contribution in [0.3, 0.4) is 0 Å². The third-order valence-corrected chi connectivity index (χ3v) is 2.07. The number of hydrogen-bond acceptors (Lipinski definition) is 2. The standard InChI is InChI=1S/C10H22ClNO/c1-4-5-10(11)8-12-6-7-13-9(2)3/h9-10,12H,4-8H2,1-3H3. The SMILES string of the molecule is CCCC(Cl)CNCCOC(C)C. The fraction of sp³-hybridized carbons (Fsp3) is 1.00. The Labute approximate surface area is 87.0 Å². The molecule has 0 saturated carbocycles. The van der Waals surface area contributed by atoms with Crippen molar-refractivity contribution in [3.05, 3.63) is 0 Å². The van der Waals surface area contributed by atoms with Crippen LogP contribution in [0.25, 0.3) is 0 Å². The minimum absolute atomic E-state index is 0.268. The molecule has 0 amide bonds. The van der Waals surface area contributed by atoms with Crippen LogP contribution in [-0.4, -0.2) is 31.2 Å². The van der Waals surface area contributed by atoms with Crippen LogP contribution in [-0.2, 0) is 4.74 Å². The Morgan fingerprint density at radius 2 is 2.08 bits per heavy atom. The summed E-state index contributed by atoms with van der Waals surface area (Å²) in [5.41, 5.74) is 0. The molecule has 0 rings (SSSR count). The van der Waals surface area contributed by atoms with Gasteiger partial charge in [-0.1, -0.05) is 13.3 Å². The molecule has 3 heteroatoms. The molecular weight excluding hydrogens is 186 g/mol. The molecule has 13 heavy (non-hydrogen) atoms. The zero-order chi connectivity index (χ0) is 10.1. The molecule has 1 N–H and O–H groups in total. The van der Waals surface area contributed by atoms with Gasteiger partial charge in [0.25, 0.3) is 0 Å². The van der Waals surface area contributed by atoms with Gasteiger partial charge >= 0.3 is 0 Å². The molecule has 1 unspecified atom stereocenters. The second-order valence-electron chi connectivity index (χ2n) is 3.51. The Bertz CT molecular complexity index is 109. The number of alkyl halides is 1. The molecule has 0 heterocycles. The van der Waals surface area contributed by atoms with Crippen molar-refractivity contribution < 1.29 is 4.74 Å². The highest BCUT2D eigenvalue weighted by Crippen LogP contribution is 2.02. The van der Waals surface area contributed by atoms with Gasteiger partial charge in [0.2, 0.25) is 0 Å². The highest BCUT2D eigenvalue weighted by molar-refractivity contribution is 6.20. The Hall–Kier alpha value is 0.210. The van der Waals surface area contributed by atoms with E-state index in [0.717, 1.165) is 32.5 Å². The average molecular weight is 208 g/mol. The molecule has 0 aromatic rings. The fourth-order valence-electron chi connectivity index (χ4n) is 1.04. The Morgan fingerprint density at radius 1 is 1.38 bits per heavy atom. The summed E-state index contributed by atoms with van der Waals surface area (Å²) in [5.74, 6) is 0. The predicted octanol–water partition coefficient (Wildman–Crippen LogP) is 2.41. The Kier molecular flexibility index (Phi) is 8.93. The summed E-state index contributed by atoms with van der Waals surface area (Å²) in [5, 5.41) is 3.54. The van der Waals surface area contributed by atoms with E-state index in [1.807, 2.05) is 13.8 Å². The van der Waals surface area contributed by atoms with Crippen LogP contribution in [0.5, 0.6) is 0 Å². The van der Waals surface area contributed by atoms with Gasteiger partial charge < -0.3 is 10.1 Å². The molecule has 0 radical (unpaired) electrons. The van der Waals surface area contributed by atoms with Gasteiger partial charge in [-0.3, -0.25) is 0 Å². The predicted molar refractivity (Wildman–Crippen MR) is 58.5 cm³/mol. The zero-order valence-corrected chi connectivity index (χ0v) is 9.73. The molecule has 0 aromatic heterocycles. The van der Waals surface area contributed by atoms with Gasteiger partial charge in [0, 0.05) is 18.5 Å². The summed E-state index contributed by atoms with van der Waals surface area (Å²) in [6.07, 6.45) is 2.56. The van der Waals surface area contributed by atoms with Crippen molar-refractivity contribution in [3.63, 3.8) is 0 Å². The smallest absolute Gasteiger partial charge is 0.0594 e. The number of halogens is 1. The highest BCUT2D eigenvalue weighted by Gasteiger charge is 2.01. The third-order valence-electron chi connectivity index (χ3n) is 1.70. The minimum atomic E-state index is 0.268. The third kappa shape index (κ3) is 10.1. The quantitative estimate of drug-likeness (QED) is 0.488. The first kappa shape index (κ1) is 13.2. The highest BCUT2D eigenvalue weighted by atomic mass is 35.5. The van der Waals surface area contributed by atoms with Crippen LogP contribution >= 0.6 is 11.6 Å². The summed E-state index contributed by atoms with van der Waals surface area (Å²) >= 11 is 6.02. The Morgan fingerprint density at radius 3 is 2.62 bits per heavy atom.